The first kappa shape index (κ1) is 14.7. The lowest BCUT2D eigenvalue weighted by atomic mass is 10.3. The molecule has 1 aromatic rings. The molecule has 1 aromatic heterocycles. The number of hydrogen-bond acceptors (Lipinski definition) is 6. The quantitative estimate of drug-likeness (QED) is 0.640. The zero-order valence-electron chi connectivity index (χ0n) is 12.4. The Labute approximate surface area is 129 Å². The lowest BCUT2D eigenvalue weighted by Gasteiger charge is -2.35. The first-order valence-electron chi connectivity index (χ1n) is 7.56. The number of nitrogens with one attached hydrogen (secondary N) is 1. The predicted octanol–water partition coefficient (Wildman–Crippen LogP) is -1.44. The number of carbonyl (C=O) groups excluding carboxylic acids is 2. The Morgan fingerprint density at radius 2 is 1.41 bits per heavy atom. The molecule has 118 valence electrons. The van der Waals surface area contributed by atoms with Crippen molar-refractivity contribution in [3.05, 3.63) is 18.5 Å². The van der Waals surface area contributed by atoms with Crippen LogP contribution < -0.4 is 10.2 Å². The molecule has 0 aromatic carbocycles. The van der Waals surface area contributed by atoms with Crippen molar-refractivity contribution in [2.24, 2.45) is 0 Å². The van der Waals surface area contributed by atoms with Crippen LogP contribution in [0.4, 0.5) is 5.95 Å². The molecular weight excluding hydrogens is 284 g/mol. The Kier molecular flexibility index (Phi) is 4.47. The van der Waals surface area contributed by atoms with Crippen molar-refractivity contribution in [3.8, 4) is 0 Å². The van der Waals surface area contributed by atoms with Crippen LogP contribution in [-0.4, -0.2) is 83.9 Å². The monoisotopic (exact) mass is 304 g/mol. The standard InChI is InChI=1S/C14H20N6O2/c21-12(18-6-4-15-5-7-18)13(22)19-8-10-20(11-9-19)14-16-2-1-3-17-14/h1-3,15H,4-11H2. The summed E-state index contributed by atoms with van der Waals surface area (Å²) in [5, 5.41) is 3.17. The van der Waals surface area contributed by atoms with Crippen molar-refractivity contribution in [2.45, 2.75) is 0 Å². The Balaban J connectivity index is 1.54. The lowest BCUT2D eigenvalue weighted by molar-refractivity contribution is -0.152. The third kappa shape index (κ3) is 3.16. The van der Waals surface area contributed by atoms with Gasteiger partial charge < -0.3 is 20.0 Å². The summed E-state index contributed by atoms with van der Waals surface area (Å²) in [4.78, 5) is 38.2. The van der Waals surface area contributed by atoms with Gasteiger partial charge in [0.05, 0.1) is 0 Å². The highest BCUT2D eigenvalue weighted by Gasteiger charge is 2.30. The summed E-state index contributed by atoms with van der Waals surface area (Å²) in [5.74, 6) is -0.107. The lowest BCUT2D eigenvalue weighted by Crippen LogP contribution is -2.56. The van der Waals surface area contributed by atoms with Gasteiger partial charge in [-0.2, -0.15) is 0 Å². The highest BCUT2D eigenvalue weighted by molar-refractivity contribution is 6.34. The molecule has 2 aliphatic rings. The van der Waals surface area contributed by atoms with Crippen molar-refractivity contribution < 1.29 is 9.59 Å². The van der Waals surface area contributed by atoms with Crippen molar-refractivity contribution in [1.82, 2.24) is 25.1 Å². The number of aromatic nitrogens is 2. The molecule has 2 saturated heterocycles. The molecule has 2 fully saturated rings. The molecule has 1 N–H and O–H groups in total. The summed E-state index contributed by atoms with van der Waals surface area (Å²) < 4.78 is 0. The van der Waals surface area contributed by atoms with E-state index in [1.807, 2.05) is 4.90 Å². The Morgan fingerprint density at radius 1 is 0.864 bits per heavy atom. The molecule has 3 rings (SSSR count). The molecule has 8 heteroatoms. The van der Waals surface area contributed by atoms with Crippen LogP contribution in [0.25, 0.3) is 0 Å². The second-order valence-electron chi connectivity index (χ2n) is 5.37. The molecule has 2 aliphatic heterocycles. The number of carbonyl (C=O) groups is 2. The first-order valence-corrected chi connectivity index (χ1v) is 7.56. The van der Waals surface area contributed by atoms with Crippen LogP contribution >= 0.6 is 0 Å². The summed E-state index contributed by atoms with van der Waals surface area (Å²) in [6.45, 7) is 5.03. The summed E-state index contributed by atoms with van der Waals surface area (Å²) in [7, 11) is 0. The van der Waals surface area contributed by atoms with Gasteiger partial charge in [-0.05, 0) is 6.07 Å². The highest BCUT2D eigenvalue weighted by atomic mass is 16.2. The van der Waals surface area contributed by atoms with Gasteiger partial charge in [0.1, 0.15) is 0 Å². The SMILES string of the molecule is O=C(C(=O)N1CCN(c2ncccn2)CC1)N1CCNCC1. The molecule has 0 aliphatic carbocycles. The van der Waals surface area contributed by atoms with Gasteiger partial charge in [-0.3, -0.25) is 9.59 Å². The predicted molar refractivity (Wildman–Crippen MR) is 80.3 cm³/mol. The van der Waals surface area contributed by atoms with Gasteiger partial charge in [0.25, 0.3) is 0 Å². The van der Waals surface area contributed by atoms with Crippen LogP contribution in [0.2, 0.25) is 0 Å². The number of anilines is 1. The van der Waals surface area contributed by atoms with E-state index in [0.29, 0.717) is 45.2 Å². The van der Waals surface area contributed by atoms with E-state index in [-0.39, 0.29) is 5.91 Å². The van der Waals surface area contributed by atoms with Crippen LogP contribution in [-0.2, 0) is 9.59 Å². The van der Waals surface area contributed by atoms with Crippen molar-refractivity contribution in [2.75, 3.05) is 57.3 Å². The van der Waals surface area contributed by atoms with E-state index in [4.69, 9.17) is 0 Å². The van der Waals surface area contributed by atoms with Gasteiger partial charge in [0, 0.05) is 64.8 Å². The smallest absolute Gasteiger partial charge is 0.312 e. The molecule has 2 amide bonds. The van der Waals surface area contributed by atoms with Crippen LogP contribution in [0.15, 0.2) is 18.5 Å². The van der Waals surface area contributed by atoms with Gasteiger partial charge in [0.2, 0.25) is 5.95 Å². The van der Waals surface area contributed by atoms with E-state index in [2.05, 4.69) is 15.3 Å². The summed E-state index contributed by atoms with van der Waals surface area (Å²) >= 11 is 0. The second-order valence-corrected chi connectivity index (χ2v) is 5.37. The molecule has 3 heterocycles. The van der Waals surface area contributed by atoms with Crippen molar-refractivity contribution in [1.29, 1.82) is 0 Å². The molecule has 0 radical (unpaired) electrons. The molecule has 0 unspecified atom stereocenters. The summed E-state index contributed by atoms with van der Waals surface area (Å²) in [6.07, 6.45) is 3.40. The van der Waals surface area contributed by atoms with Crippen LogP contribution in [0, 0.1) is 0 Å². The van der Waals surface area contributed by atoms with Gasteiger partial charge in [0.15, 0.2) is 0 Å². The van der Waals surface area contributed by atoms with Gasteiger partial charge in [-0.25, -0.2) is 9.97 Å². The van der Waals surface area contributed by atoms with E-state index in [1.54, 1.807) is 28.3 Å². The van der Waals surface area contributed by atoms with E-state index < -0.39 is 5.91 Å². The van der Waals surface area contributed by atoms with Gasteiger partial charge in [-0.15, -0.1) is 0 Å². The highest BCUT2D eigenvalue weighted by Crippen LogP contribution is 2.10. The molecule has 0 bridgehead atoms. The van der Waals surface area contributed by atoms with Crippen molar-refractivity contribution >= 4 is 17.8 Å². The molecule has 0 saturated carbocycles. The number of piperazine rings is 2. The largest absolute Gasteiger partial charge is 0.337 e. The maximum absolute atomic E-state index is 12.3. The Morgan fingerprint density at radius 3 is 2.00 bits per heavy atom. The third-order valence-corrected chi connectivity index (χ3v) is 3.99. The number of rotatable bonds is 1. The second kappa shape index (κ2) is 6.69. The zero-order chi connectivity index (χ0) is 15.4. The average Bonchev–Trinajstić information content (AvgIpc) is 2.62. The molecule has 22 heavy (non-hydrogen) atoms. The minimum Gasteiger partial charge on any atom is -0.337 e. The first-order chi connectivity index (χ1) is 10.8. The van der Waals surface area contributed by atoms with Gasteiger partial charge in [-0.1, -0.05) is 0 Å². The Hall–Kier alpha value is -2.22. The van der Waals surface area contributed by atoms with E-state index in [9.17, 15) is 9.59 Å². The number of nitrogens with zero attached hydrogens (tertiary/aromatic N) is 5. The fourth-order valence-corrected chi connectivity index (χ4v) is 2.70. The summed E-state index contributed by atoms with van der Waals surface area (Å²) in [5.41, 5.74) is 0. The topological polar surface area (TPSA) is 81.7 Å². The van der Waals surface area contributed by atoms with Gasteiger partial charge >= 0.3 is 11.8 Å². The fourth-order valence-electron chi connectivity index (χ4n) is 2.70. The van der Waals surface area contributed by atoms with E-state index in [1.165, 1.54) is 0 Å². The van der Waals surface area contributed by atoms with Crippen molar-refractivity contribution in [3.63, 3.8) is 0 Å². The van der Waals surface area contributed by atoms with Crippen LogP contribution in [0.1, 0.15) is 0 Å². The summed E-state index contributed by atoms with van der Waals surface area (Å²) in [6, 6.07) is 1.77. The van der Waals surface area contributed by atoms with Crippen LogP contribution in [0.3, 0.4) is 0 Å². The maximum atomic E-state index is 12.3. The minimum atomic E-state index is -0.393. The molecule has 8 nitrogen and oxygen atoms in total. The normalized spacial score (nSPS) is 19.2. The Bertz CT molecular complexity index is 523. The maximum Gasteiger partial charge on any atom is 0.312 e. The minimum absolute atomic E-state index is 0.383. The molecule has 0 spiro atoms. The molecular formula is C14H20N6O2. The van der Waals surface area contributed by atoms with E-state index >= 15 is 0 Å². The number of hydrogen-bond donors (Lipinski definition) is 1. The molecule has 0 atom stereocenters. The van der Waals surface area contributed by atoms with E-state index in [0.717, 1.165) is 13.1 Å². The third-order valence-electron chi connectivity index (χ3n) is 3.99. The van der Waals surface area contributed by atoms with Crippen LogP contribution in [0.5, 0.6) is 0 Å². The zero-order valence-corrected chi connectivity index (χ0v) is 12.4. The fraction of sp³-hybridized carbons (Fsp3) is 0.571. The number of amides is 2. The average molecular weight is 304 g/mol.